The normalized spacial score (nSPS) is 17.6. The van der Waals surface area contributed by atoms with Gasteiger partial charge in [0, 0.05) is 70.8 Å². The van der Waals surface area contributed by atoms with Crippen LogP contribution in [-0.4, -0.2) is 106 Å². The topological polar surface area (TPSA) is 108 Å². The Morgan fingerprint density at radius 3 is 0.527 bits per heavy atom. The fraction of sp³-hybridized carbons (Fsp3) is 0.294. The van der Waals surface area contributed by atoms with Gasteiger partial charge in [-0.2, -0.15) is 0 Å². The number of pyridine rings is 4. The first-order valence-corrected chi connectivity index (χ1v) is 40.5. The van der Waals surface area contributed by atoms with Gasteiger partial charge in [-0.15, -0.1) is 0 Å². The summed E-state index contributed by atoms with van der Waals surface area (Å²) < 4.78 is 302. The van der Waals surface area contributed by atoms with Crippen molar-refractivity contribution >= 4 is 42.0 Å². The molecular weight excluding hydrogens is 1610 g/mol. The van der Waals surface area contributed by atoms with Crippen LogP contribution in [0.2, 0.25) is 0 Å². The Bertz CT molecular complexity index is 3820. The van der Waals surface area contributed by atoms with Crippen molar-refractivity contribution in [2.24, 2.45) is 0 Å². The zero-order valence-corrected chi connectivity index (χ0v) is 61.1. The van der Waals surface area contributed by atoms with Crippen LogP contribution in [0.25, 0.3) is 33.0 Å². The van der Waals surface area contributed by atoms with Crippen LogP contribution in [-0.2, 0) is 54.6 Å². The largest absolute Gasteiger partial charge is 0.491 e. The van der Waals surface area contributed by atoms with E-state index in [1.807, 2.05) is 60.7 Å². The van der Waals surface area contributed by atoms with Crippen LogP contribution < -0.4 is 37.2 Å². The second-order valence-electron chi connectivity index (χ2n) is 23.7. The Morgan fingerprint density at radius 2 is 0.345 bits per heavy atom. The molecule has 0 saturated heterocycles. The Balaban J connectivity index is 0.000000255. The standard InChI is InChI=1S/C36H32N4.C32H42O10.4F6P/c1-2-30-4-3-29(1)25-37-17-9-33(10-18-37)35-13-21-39(22-14-35)27-31-5-7-32(8-6-31)28-40-23-15-36(16-24-40)34-11-19-38(26-30)20-12-34;1-3-31-26-28-2-4-32(25-27(1)28)42-24-20-38-16-12-34-10-14-36-18-22-40-30-7-5-29(6-8-30)39-21-17-35-13-9-33-11-15-37-19-23-41-31;4*1-7(2,3,4,5)6/h1-24H,25-28H2;1-8,25-26H,9-24H2;;;;/q+4;;4*-1. The summed E-state index contributed by atoms with van der Waals surface area (Å²) in [6.07, 6.45) is 17.4. The Kier molecular flexibility index (Phi) is 28.8. The van der Waals surface area contributed by atoms with Gasteiger partial charge in [-0.25, -0.2) is 18.3 Å². The zero-order chi connectivity index (χ0) is 81.3. The number of rotatable bonds is 0. The van der Waals surface area contributed by atoms with E-state index in [0.717, 1.165) is 59.9 Å². The van der Waals surface area contributed by atoms with Crippen LogP contribution in [0.3, 0.4) is 0 Å². The maximum Gasteiger partial charge on any atom is 0.173 e. The molecule has 0 N–H and O–H groups in total. The van der Waals surface area contributed by atoms with Crippen LogP contribution in [0, 0.1) is 0 Å². The number of ether oxygens (including phenoxy) is 10. The van der Waals surface area contributed by atoms with Crippen molar-refractivity contribution in [2.75, 3.05) is 106 Å². The minimum absolute atomic E-state index is 0.456. The fourth-order valence-corrected chi connectivity index (χ4v) is 9.34. The van der Waals surface area contributed by atoms with Crippen molar-refractivity contribution in [3.63, 3.8) is 0 Å². The molecular formula is C68H74F24N4O10P4. The molecule has 18 bridgehead atoms. The third kappa shape index (κ3) is 50.0. The monoisotopic (exact) mass is 1690 g/mol. The maximum atomic E-state index is 9.87. The number of aromatic nitrogens is 4. The maximum absolute atomic E-state index is 10.7. The van der Waals surface area contributed by atoms with E-state index in [1.165, 1.54) is 44.5 Å². The van der Waals surface area contributed by atoms with Crippen molar-refractivity contribution in [2.45, 2.75) is 26.2 Å². The number of hydrogen-bond donors (Lipinski definition) is 0. The van der Waals surface area contributed by atoms with E-state index in [-0.39, 0.29) is 0 Å². The van der Waals surface area contributed by atoms with Crippen LogP contribution in [0.15, 0.2) is 207 Å². The predicted octanol–water partition coefficient (Wildman–Crippen LogP) is 22.4. The molecule has 31 rings (SSSR count). The molecule has 9 aromatic rings. The summed E-state index contributed by atoms with van der Waals surface area (Å²) in [4.78, 5) is 0. The van der Waals surface area contributed by atoms with Crippen LogP contribution in [0.1, 0.15) is 22.3 Å². The Morgan fingerprint density at radius 1 is 0.191 bits per heavy atom. The molecule has 0 unspecified atom stereocenters. The average Bonchev–Trinajstić information content (AvgIpc) is 0.803. The summed E-state index contributed by atoms with van der Waals surface area (Å²) in [6, 6.07) is 55.0. The molecule has 0 fully saturated rings. The first kappa shape index (κ1) is 90.8. The van der Waals surface area contributed by atoms with Gasteiger partial charge in [0.1, 0.15) is 49.4 Å². The van der Waals surface area contributed by atoms with Gasteiger partial charge < -0.3 is 47.4 Å². The first-order chi connectivity index (χ1) is 50.4. The van der Waals surface area contributed by atoms with Crippen LogP contribution in [0.4, 0.5) is 101 Å². The molecule has 614 valence electrons. The molecule has 0 spiro atoms. The van der Waals surface area contributed by atoms with E-state index in [1.54, 1.807) is 0 Å². The summed E-state index contributed by atoms with van der Waals surface area (Å²) in [6.45, 7) is 11.2. The van der Waals surface area contributed by atoms with Crippen LogP contribution >= 0.6 is 31.2 Å². The summed E-state index contributed by atoms with van der Waals surface area (Å²) in [5, 5.41) is 2.16. The smallest absolute Gasteiger partial charge is 0.173 e. The van der Waals surface area contributed by atoms with Gasteiger partial charge in [0.25, 0.3) is 0 Å². The molecule has 26 heterocycles. The van der Waals surface area contributed by atoms with E-state index < -0.39 is 31.2 Å². The molecule has 110 heavy (non-hydrogen) atoms. The van der Waals surface area contributed by atoms with E-state index in [4.69, 9.17) is 47.4 Å². The van der Waals surface area contributed by atoms with Gasteiger partial charge in [0.05, 0.1) is 79.3 Å². The predicted molar refractivity (Wildman–Crippen MR) is 365 cm³/mol. The molecule has 42 heteroatoms. The molecule has 0 aliphatic carbocycles. The number of benzene rings is 5. The molecule has 14 nitrogen and oxygen atoms in total. The van der Waals surface area contributed by atoms with Crippen molar-refractivity contribution in [3.8, 4) is 45.3 Å². The molecule has 0 amide bonds. The third-order valence-electron chi connectivity index (χ3n) is 13.8. The SMILES string of the molecule is F[P-](F)(F)(F)(F)F.F[P-](F)(F)(F)(F)F.F[P-](F)(F)(F)(F)F.F[P-](F)(F)(F)(F)F.c1cc2ccc1C[n+]1ccc(cc1)-c1cc[n+](cc1)Cc1ccc(cc1)C[n+]1ccc(cc1)-c1cc[n+](cc1)C2.c1cc2ccc1OCCOCCOCCOCCOc1ccc3cc(ccc3c1)OCCOCCOCCOCCO2. The van der Waals surface area contributed by atoms with Crippen molar-refractivity contribution < 1.29 is 166 Å². The van der Waals surface area contributed by atoms with E-state index >= 15 is 0 Å². The molecule has 0 atom stereocenters. The van der Waals surface area contributed by atoms with Gasteiger partial charge in [-0.3, -0.25) is 0 Å². The minimum Gasteiger partial charge on any atom is -0.491 e. The van der Waals surface area contributed by atoms with Crippen molar-refractivity contribution in [1.82, 2.24) is 0 Å². The molecule has 0 saturated carbocycles. The number of nitrogens with zero attached hydrogens (tertiary/aromatic N) is 4. The third-order valence-corrected chi connectivity index (χ3v) is 13.8. The fourth-order valence-electron chi connectivity index (χ4n) is 9.34. The molecule has 0 radical (unpaired) electrons. The van der Waals surface area contributed by atoms with Gasteiger partial charge >= 0.3 is 132 Å². The Labute approximate surface area is 613 Å². The minimum atomic E-state index is -10.7. The first-order valence-electron chi connectivity index (χ1n) is 32.4. The second kappa shape index (κ2) is 34.9. The van der Waals surface area contributed by atoms with Gasteiger partial charge in [-0.05, 0) is 81.6 Å². The summed E-state index contributed by atoms with van der Waals surface area (Å²) >= 11 is 0. The second-order valence-corrected chi connectivity index (χ2v) is 31.4. The van der Waals surface area contributed by atoms with Crippen LogP contribution in [0.5, 0.6) is 23.0 Å². The Hall–Kier alpha value is -8.04. The summed E-state index contributed by atoms with van der Waals surface area (Å²) in [5.41, 5.74) is 10.1. The average molecular weight is 1690 g/mol. The van der Waals surface area contributed by atoms with E-state index in [9.17, 15) is 101 Å². The summed E-state index contributed by atoms with van der Waals surface area (Å²) in [7, 11) is -42.6. The van der Waals surface area contributed by atoms with Gasteiger partial charge in [0.15, 0.2) is 75.8 Å². The van der Waals surface area contributed by atoms with Gasteiger partial charge in [0.2, 0.25) is 0 Å². The van der Waals surface area contributed by atoms with E-state index in [0.29, 0.717) is 106 Å². The van der Waals surface area contributed by atoms with Gasteiger partial charge in [-0.1, -0.05) is 60.7 Å². The number of hydrogen-bond acceptors (Lipinski definition) is 10. The van der Waals surface area contributed by atoms with Crippen molar-refractivity contribution in [1.29, 1.82) is 0 Å². The summed E-state index contributed by atoms with van der Waals surface area (Å²) in [5.74, 6) is 3.12. The molecule has 5 aromatic carbocycles. The quantitative estimate of drug-likeness (QED) is 0.0827. The molecule has 22 aliphatic heterocycles. The number of halogens is 24. The van der Waals surface area contributed by atoms with Crippen molar-refractivity contribution in [3.05, 3.63) is 230 Å². The molecule has 4 aromatic heterocycles. The molecule has 22 aliphatic rings. The van der Waals surface area contributed by atoms with E-state index in [2.05, 4.69) is 165 Å². The zero-order valence-electron chi connectivity index (χ0n) is 57.5.